The van der Waals surface area contributed by atoms with Crippen LogP contribution in [0.5, 0.6) is 0 Å². The van der Waals surface area contributed by atoms with E-state index in [1.165, 1.54) is 23.5 Å². The number of aromatic carboxylic acids is 1. The Hall–Kier alpha value is -2.14. The second-order valence-electron chi connectivity index (χ2n) is 4.22. The quantitative estimate of drug-likeness (QED) is 0.793. The van der Waals surface area contributed by atoms with Gasteiger partial charge in [-0.05, 0) is 35.2 Å². The van der Waals surface area contributed by atoms with Gasteiger partial charge in [0, 0.05) is 6.54 Å². The van der Waals surface area contributed by atoms with Gasteiger partial charge in [0.15, 0.2) is 0 Å². The van der Waals surface area contributed by atoms with Gasteiger partial charge in [0.1, 0.15) is 11.5 Å². The highest BCUT2D eigenvalue weighted by Gasteiger charge is 2.15. The van der Waals surface area contributed by atoms with Crippen molar-refractivity contribution in [1.29, 1.82) is 0 Å². The van der Waals surface area contributed by atoms with Crippen molar-refractivity contribution in [3.63, 3.8) is 0 Å². The average Bonchev–Trinajstić information content (AvgIpc) is 2.92. The molecule has 0 radical (unpaired) electrons. The highest BCUT2D eigenvalue weighted by molar-refractivity contribution is 7.17. The van der Waals surface area contributed by atoms with E-state index in [2.05, 4.69) is 0 Å². The van der Waals surface area contributed by atoms with Crippen LogP contribution >= 0.6 is 11.3 Å². The SMILES string of the molecule is O=C(O)c1cc2sccc2n1Cc1cccc(F)c1. The minimum absolute atomic E-state index is 0.228. The van der Waals surface area contributed by atoms with E-state index in [9.17, 15) is 14.3 Å². The first-order chi connectivity index (χ1) is 9.15. The molecule has 2 aromatic heterocycles. The second kappa shape index (κ2) is 4.51. The van der Waals surface area contributed by atoms with Gasteiger partial charge in [-0.3, -0.25) is 0 Å². The molecule has 0 atom stereocenters. The van der Waals surface area contributed by atoms with E-state index in [1.54, 1.807) is 22.8 Å². The summed E-state index contributed by atoms with van der Waals surface area (Å²) in [6.07, 6.45) is 0. The monoisotopic (exact) mass is 275 g/mol. The fraction of sp³-hybridized carbons (Fsp3) is 0.0714. The Morgan fingerprint density at radius 1 is 1.32 bits per heavy atom. The summed E-state index contributed by atoms with van der Waals surface area (Å²) < 4.78 is 15.8. The summed E-state index contributed by atoms with van der Waals surface area (Å²) in [5.41, 5.74) is 1.84. The van der Waals surface area contributed by atoms with E-state index in [4.69, 9.17) is 0 Å². The molecule has 0 saturated heterocycles. The fourth-order valence-electron chi connectivity index (χ4n) is 2.14. The molecule has 5 heteroatoms. The van der Waals surface area contributed by atoms with E-state index in [0.717, 1.165) is 15.8 Å². The van der Waals surface area contributed by atoms with E-state index in [1.807, 2.05) is 11.4 Å². The van der Waals surface area contributed by atoms with Gasteiger partial charge in [-0.25, -0.2) is 9.18 Å². The van der Waals surface area contributed by atoms with Crippen LogP contribution in [0.3, 0.4) is 0 Å². The highest BCUT2D eigenvalue weighted by Crippen LogP contribution is 2.26. The number of nitrogens with zero attached hydrogens (tertiary/aromatic N) is 1. The number of rotatable bonds is 3. The zero-order valence-electron chi connectivity index (χ0n) is 9.84. The van der Waals surface area contributed by atoms with E-state index in [0.29, 0.717) is 6.54 Å². The van der Waals surface area contributed by atoms with Crippen LogP contribution in [0, 0.1) is 5.82 Å². The number of carboxylic acids is 1. The Labute approximate surface area is 112 Å². The summed E-state index contributed by atoms with van der Waals surface area (Å²) in [5.74, 6) is -1.29. The van der Waals surface area contributed by atoms with Crippen molar-refractivity contribution in [2.45, 2.75) is 6.54 Å². The first-order valence-corrected chi connectivity index (χ1v) is 6.57. The van der Waals surface area contributed by atoms with Crippen LogP contribution in [0.25, 0.3) is 10.2 Å². The maximum absolute atomic E-state index is 13.2. The summed E-state index contributed by atoms with van der Waals surface area (Å²) in [6, 6.07) is 9.74. The summed E-state index contributed by atoms with van der Waals surface area (Å²) in [4.78, 5) is 11.3. The predicted octanol–water partition coefficient (Wildman–Crippen LogP) is 3.59. The van der Waals surface area contributed by atoms with Crippen molar-refractivity contribution >= 4 is 27.5 Å². The van der Waals surface area contributed by atoms with Crippen molar-refractivity contribution < 1.29 is 14.3 Å². The van der Waals surface area contributed by atoms with E-state index in [-0.39, 0.29) is 11.5 Å². The molecule has 96 valence electrons. The number of carbonyl (C=O) groups is 1. The van der Waals surface area contributed by atoms with Crippen LogP contribution in [0.4, 0.5) is 4.39 Å². The van der Waals surface area contributed by atoms with Gasteiger partial charge in [-0.15, -0.1) is 11.3 Å². The second-order valence-corrected chi connectivity index (χ2v) is 5.17. The van der Waals surface area contributed by atoms with Crippen LogP contribution in [0.2, 0.25) is 0 Å². The molecule has 0 aliphatic heterocycles. The molecule has 3 nitrogen and oxygen atoms in total. The largest absolute Gasteiger partial charge is 0.477 e. The summed E-state index contributed by atoms with van der Waals surface area (Å²) >= 11 is 1.50. The van der Waals surface area contributed by atoms with Gasteiger partial charge in [-0.1, -0.05) is 12.1 Å². The van der Waals surface area contributed by atoms with Crippen molar-refractivity contribution in [1.82, 2.24) is 4.57 Å². The molecule has 0 amide bonds. The number of carboxylic acid groups (broad SMARTS) is 1. The van der Waals surface area contributed by atoms with Crippen molar-refractivity contribution in [2.75, 3.05) is 0 Å². The molecule has 0 aliphatic carbocycles. The highest BCUT2D eigenvalue weighted by atomic mass is 32.1. The lowest BCUT2D eigenvalue weighted by Gasteiger charge is -2.07. The first kappa shape index (κ1) is 11.9. The Kier molecular flexibility index (Phi) is 2.83. The molecule has 0 spiro atoms. The topological polar surface area (TPSA) is 42.2 Å². The smallest absolute Gasteiger partial charge is 0.352 e. The summed E-state index contributed by atoms with van der Waals surface area (Å²) in [6.45, 7) is 0.347. The molecule has 19 heavy (non-hydrogen) atoms. The van der Waals surface area contributed by atoms with Crippen LogP contribution < -0.4 is 0 Å². The number of fused-ring (bicyclic) bond motifs is 1. The van der Waals surface area contributed by atoms with E-state index < -0.39 is 5.97 Å². The Morgan fingerprint density at radius 3 is 2.89 bits per heavy atom. The average molecular weight is 275 g/mol. The minimum Gasteiger partial charge on any atom is -0.477 e. The van der Waals surface area contributed by atoms with Crippen molar-refractivity contribution in [3.8, 4) is 0 Å². The Bertz CT molecular complexity index is 760. The molecule has 0 bridgehead atoms. The van der Waals surface area contributed by atoms with E-state index >= 15 is 0 Å². The fourth-order valence-corrected chi connectivity index (χ4v) is 2.96. The predicted molar refractivity (Wildman–Crippen MR) is 72.3 cm³/mol. The van der Waals surface area contributed by atoms with Crippen LogP contribution in [-0.4, -0.2) is 15.6 Å². The number of hydrogen-bond donors (Lipinski definition) is 1. The molecule has 1 aromatic carbocycles. The number of hydrogen-bond acceptors (Lipinski definition) is 2. The lowest BCUT2D eigenvalue weighted by atomic mass is 10.2. The lowest BCUT2D eigenvalue weighted by molar-refractivity contribution is 0.0686. The molecule has 0 aliphatic rings. The van der Waals surface area contributed by atoms with Crippen LogP contribution in [0.15, 0.2) is 41.8 Å². The third-order valence-corrected chi connectivity index (χ3v) is 3.82. The zero-order chi connectivity index (χ0) is 13.4. The molecule has 3 rings (SSSR count). The molecule has 0 fully saturated rings. The molecule has 0 saturated carbocycles. The number of benzene rings is 1. The third-order valence-electron chi connectivity index (χ3n) is 2.97. The molecular formula is C14H10FNO2S. The van der Waals surface area contributed by atoms with Crippen LogP contribution in [-0.2, 0) is 6.54 Å². The summed E-state index contributed by atoms with van der Waals surface area (Å²) in [7, 11) is 0. The van der Waals surface area contributed by atoms with Gasteiger partial charge in [0.25, 0.3) is 0 Å². The van der Waals surface area contributed by atoms with Crippen molar-refractivity contribution in [3.05, 3.63) is 58.9 Å². The first-order valence-electron chi connectivity index (χ1n) is 5.69. The number of halogens is 1. The van der Waals surface area contributed by atoms with Gasteiger partial charge in [-0.2, -0.15) is 0 Å². The van der Waals surface area contributed by atoms with Gasteiger partial charge >= 0.3 is 5.97 Å². The Balaban J connectivity index is 2.10. The minimum atomic E-state index is -0.972. The standard InChI is InChI=1S/C14H10FNO2S/c15-10-3-1-2-9(6-10)8-16-11-4-5-19-13(11)7-12(16)14(17)18/h1-7H,8H2,(H,17,18). The van der Waals surface area contributed by atoms with Gasteiger partial charge < -0.3 is 9.67 Å². The molecule has 1 N–H and O–H groups in total. The molecule has 2 heterocycles. The maximum Gasteiger partial charge on any atom is 0.352 e. The molecular weight excluding hydrogens is 265 g/mol. The Morgan fingerprint density at radius 2 is 2.16 bits per heavy atom. The lowest BCUT2D eigenvalue weighted by Crippen LogP contribution is -2.09. The summed E-state index contributed by atoms with van der Waals surface area (Å²) in [5, 5.41) is 11.1. The molecule has 3 aromatic rings. The van der Waals surface area contributed by atoms with Crippen LogP contribution in [0.1, 0.15) is 16.1 Å². The zero-order valence-corrected chi connectivity index (χ0v) is 10.7. The van der Waals surface area contributed by atoms with Crippen molar-refractivity contribution in [2.24, 2.45) is 0 Å². The normalized spacial score (nSPS) is 11.0. The van der Waals surface area contributed by atoms with Gasteiger partial charge in [0.05, 0.1) is 10.2 Å². The molecule has 0 unspecified atom stereocenters. The maximum atomic E-state index is 13.2. The number of aromatic nitrogens is 1. The number of thiophene rings is 1. The van der Waals surface area contributed by atoms with Gasteiger partial charge in [0.2, 0.25) is 0 Å². The third kappa shape index (κ3) is 2.13.